The Morgan fingerprint density at radius 1 is 0.935 bits per heavy atom. The summed E-state index contributed by atoms with van der Waals surface area (Å²) in [5.41, 5.74) is 0.795. The van der Waals surface area contributed by atoms with E-state index in [0.717, 1.165) is 34.9 Å². The topological polar surface area (TPSA) is 101 Å². The van der Waals surface area contributed by atoms with Gasteiger partial charge in [0.05, 0.1) is 16.1 Å². The normalized spacial score (nSPS) is 13.7. The molecule has 1 aliphatic carbocycles. The lowest BCUT2D eigenvalue weighted by Crippen LogP contribution is -2.30. The number of ketones is 1. The number of rotatable bonds is 6. The van der Waals surface area contributed by atoms with Gasteiger partial charge in [0.2, 0.25) is 0 Å². The molecule has 158 valence electrons. The maximum atomic E-state index is 12.8. The van der Waals surface area contributed by atoms with Gasteiger partial charge in [-0.05, 0) is 37.1 Å². The molecule has 9 heteroatoms. The highest BCUT2D eigenvalue weighted by Gasteiger charge is 2.26. The summed E-state index contributed by atoms with van der Waals surface area (Å²) >= 11 is 2.67. The number of nitrogens with zero attached hydrogens (tertiary/aromatic N) is 2. The number of nitrogens with one attached hydrogen (secondary N) is 2. The third kappa shape index (κ3) is 5.36. The van der Waals surface area contributed by atoms with E-state index in [0.29, 0.717) is 16.4 Å². The molecule has 3 aromatic rings. The molecular formula is C22H20N4O3S2. The molecule has 0 atom stereocenters. The highest BCUT2D eigenvalue weighted by molar-refractivity contribution is 8.01. The molecule has 0 saturated heterocycles. The molecule has 1 saturated carbocycles. The Labute approximate surface area is 187 Å². The quantitative estimate of drug-likeness (QED) is 0.417. The minimum Gasteiger partial charge on any atom is -0.317 e. The highest BCUT2D eigenvalue weighted by atomic mass is 32.2. The second-order valence-corrected chi connectivity index (χ2v) is 9.41. The van der Waals surface area contributed by atoms with Crippen molar-refractivity contribution in [3.05, 3.63) is 60.4 Å². The third-order valence-electron chi connectivity index (χ3n) is 4.92. The van der Waals surface area contributed by atoms with Crippen molar-refractivity contribution in [2.24, 2.45) is 5.92 Å². The van der Waals surface area contributed by atoms with E-state index in [-0.39, 0.29) is 11.7 Å². The Kier molecular flexibility index (Phi) is 6.73. The number of aromatic nitrogens is 2. The fourth-order valence-electron chi connectivity index (χ4n) is 3.42. The molecule has 1 aromatic carbocycles. The summed E-state index contributed by atoms with van der Waals surface area (Å²) in [5.74, 6) is -1.69. The molecule has 4 rings (SSSR count). The molecule has 7 nitrogen and oxygen atoms in total. The molecule has 2 heterocycles. The number of amides is 2. The summed E-state index contributed by atoms with van der Waals surface area (Å²) in [4.78, 5) is 46.0. The highest BCUT2D eigenvalue weighted by Crippen LogP contribution is 2.33. The lowest BCUT2D eigenvalue weighted by Gasteiger charge is -2.13. The van der Waals surface area contributed by atoms with Gasteiger partial charge in [0.15, 0.2) is 10.9 Å². The first-order valence-electron chi connectivity index (χ1n) is 9.90. The summed E-state index contributed by atoms with van der Waals surface area (Å²) in [6, 6.07) is 12.4. The zero-order valence-corrected chi connectivity index (χ0v) is 18.2. The number of pyridine rings is 1. The molecule has 2 aromatic heterocycles. The Hall–Kier alpha value is -3.04. The minimum atomic E-state index is -0.846. The van der Waals surface area contributed by atoms with Crippen LogP contribution in [0.2, 0.25) is 0 Å². The second kappa shape index (κ2) is 9.84. The molecule has 31 heavy (non-hydrogen) atoms. The van der Waals surface area contributed by atoms with Crippen molar-refractivity contribution >= 4 is 51.5 Å². The van der Waals surface area contributed by atoms with Gasteiger partial charge >= 0.3 is 11.8 Å². The minimum absolute atomic E-state index is 0.0165. The van der Waals surface area contributed by atoms with Gasteiger partial charge in [-0.3, -0.25) is 19.7 Å². The van der Waals surface area contributed by atoms with E-state index in [9.17, 15) is 14.4 Å². The molecule has 0 aliphatic heterocycles. The summed E-state index contributed by atoms with van der Waals surface area (Å²) in [6.07, 6.45) is 7.14. The molecule has 0 unspecified atom stereocenters. The first-order valence-corrected chi connectivity index (χ1v) is 11.5. The van der Waals surface area contributed by atoms with Gasteiger partial charge in [-0.2, -0.15) is 0 Å². The standard InChI is InChI=1S/C22H20N4O3S2/c27-19(14-7-1-2-8-14)15-9-3-4-10-16(15)25-20(28)21(29)26-22-24-13-18(31-22)30-17-11-5-6-12-23-17/h3-6,9-14H,1-2,7-8H2,(H,25,28)(H,24,26,29). The number of carbonyl (C=O) groups is 3. The van der Waals surface area contributed by atoms with Gasteiger partial charge in [-0.1, -0.05) is 54.1 Å². The lowest BCUT2D eigenvalue weighted by molar-refractivity contribution is -0.133. The van der Waals surface area contributed by atoms with Gasteiger partial charge in [-0.25, -0.2) is 9.97 Å². The van der Waals surface area contributed by atoms with Crippen LogP contribution < -0.4 is 10.6 Å². The van der Waals surface area contributed by atoms with Crippen molar-refractivity contribution in [3.8, 4) is 0 Å². The number of para-hydroxylation sites is 1. The van der Waals surface area contributed by atoms with Crippen LogP contribution in [0.3, 0.4) is 0 Å². The van der Waals surface area contributed by atoms with Gasteiger partial charge in [0.1, 0.15) is 5.03 Å². The summed E-state index contributed by atoms with van der Waals surface area (Å²) in [5, 5.41) is 6.21. The van der Waals surface area contributed by atoms with E-state index < -0.39 is 11.8 Å². The van der Waals surface area contributed by atoms with Crippen molar-refractivity contribution in [1.29, 1.82) is 0 Å². The molecule has 0 spiro atoms. The molecule has 0 radical (unpaired) electrons. The van der Waals surface area contributed by atoms with Crippen molar-refractivity contribution in [2.45, 2.75) is 34.9 Å². The van der Waals surface area contributed by atoms with Gasteiger partial charge < -0.3 is 5.32 Å². The second-order valence-electron chi connectivity index (χ2n) is 7.05. The number of Topliss-reactive ketones (excluding diaryl/α,β-unsaturated/α-hetero) is 1. The molecule has 1 aliphatic rings. The van der Waals surface area contributed by atoms with E-state index in [2.05, 4.69) is 20.6 Å². The van der Waals surface area contributed by atoms with Gasteiger partial charge in [-0.15, -0.1) is 0 Å². The smallest absolute Gasteiger partial charge is 0.315 e. The van der Waals surface area contributed by atoms with Crippen LogP contribution in [-0.2, 0) is 9.59 Å². The SMILES string of the molecule is O=C(Nc1ncc(Sc2ccccn2)s1)C(=O)Nc1ccccc1C(=O)C1CCCC1. The van der Waals surface area contributed by atoms with Crippen molar-refractivity contribution in [3.63, 3.8) is 0 Å². The van der Waals surface area contributed by atoms with Crippen molar-refractivity contribution < 1.29 is 14.4 Å². The maximum absolute atomic E-state index is 12.8. The van der Waals surface area contributed by atoms with Crippen LogP contribution in [0.4, 0.5) is 10.8 Å². The van der Waals surface area contributed by atoms with Crippen LogP contribution in [0, 0.1) is 5.92 Å². The van der Waals surface area contributed by atoms with E-state index in [1.54, 1.807) is 36.7 Å². The lowest BCUT2D eigenvalue weighted by atomic mass is 9.95. The number of thiazole rings is 1. The molecule has 0 bridgehead atoms. The fraction of sp³-hybridized carbons (Fsp3) is 0.227. The predicted molar refractivity (Wildman–Crippen MR) is 120 cm³/mol. The van der Waals surface area contributed by atoms with Gasteiger partial charge in [0, 0.05) is 17.7 Å². The number of hydrogen-bond acceptors (Lipinski definition) is 7. The number of anilines is 2. The van der Waals surface area contributed by atoms with Crippen LogP contribution in [0.25, 0.3) is 0 Å². The monoisotopic (exact) mass is 452 g/mol. The largest absolute Gasteiger partial charge is 0.317 e. The van der Waals surface area contributed by atoms with E-state index in [1.807, 2.05) is 18.2 Å². The van der Waals surface area contributed by atoms with E-state index in [4.69, 9.17) is 0 Å². The van der Waals surface area contributed by atoms with Gasteiger partial charge in [0.25, 0.3) is 0 Å². The summed E-state index contributed by atoms with van der Waals surface area (Å²) in [7, 11) is 0. The van der Waals surface area contributed by atoms with Crippen LogP contribution in [0.1, 0.15) is 36.0 Å². The Morgan fingerprint density at radius 2 is 1.68 bits per heavy atom. The summed E-state index contributed by atoms with van der Waals surface area (Å²) < 4.78 is 0.835. The molecule has 1 fully saturated rings. The predicted octanol–water partition coefficient (Wildman–Crippen LogP) is 4.64. The molecular weight excluding hydrogens is 432 g/mol. The van der Waals surface area contributed by atoms with Crippen LogP contribution in [-0.4, -0.2) is 27.6 Å². The Morgan fingerprint density at radius 3 is 2.45 bits per heavy atom. The molecule has 2 N–H and O–H groups in total. The zero-order valence-electron chi connectivity index (χ0n) is 16.5. The fourth-order valence-corrected chi connectivity index (χ4v) is 5.20. The van der Waals surface area contributed by atoms with Crippen LogP contribution >= 0.6 is 23.1 Å². The number of hydrogen-bond donors (Lipinski definition) is 2. The summed E-state index contributed by atoms with van der Waals surface area (Å²) in [6.45, 7) is 0. The van der Waals surface area contributed by atoms with Crippen molar-refractivity contribution in [1.82, 2.24) is 9.97 Å². The maximum Gasteiger partial charge on any atom is 0.315 e. The van der Waals surface area contributed by atoms with E-state index >= 15 is 0 Å². The average molecular weight is 453 g/mol. The Bertz CT molecular complexity index is 1090. The van der Waals surface area contributed by atoms with Crippen molar-refractivity contribution in [2.75, 3.05) is 10.6 Å². The average Bonchev–Trinajstić information content (AvgIpc) is 3.47. The third-order valence-corrected chi connectivity index (χ3v) is 6.89. The zero-order chi connectivity index (χ0) is 21.6. The molecule has 2 amide bonds. The van der Waals surface area contributed by atoms with Crippen LogP contribution in [0.15, 0.2) is 64.1 Å². The number of carbonyl (C=O) groups excluding carboxylic acids is 3. The first-order chi connectivity index (χ1) is 15.1. The van der Waals surface area contributed by atoms with E-state index in [1.165, 1.54) is 23.1 Å². The Balaban J connectivity index is 1.38. The van der Waals surface area contributed by atoms with Crippen LogP contribution in [0.5, 0.6) is 0 Å². The first kappa shape index (κ1) is 21.2. The number of benzene rings is 1.